The van der Waals surface area contributed by atoms with Gasteiger partial charge in [-0.2, -0.15) is 5.26 Å². The van der Waals surface area contributed by atoms with E-state index in [9.17, 15) is 19.6 Å². The molecule has 3 aliphatic carbocycles. The van der Waals surface area contributed by atoms with E-state index in [-0.39, 0.29) is 41.9 Å². The molecule has 12 heteroatoms. The van der Waals surface area contributed by atoms with Gasteiger partial charge in [0.2, 0.25) is 5.91 Å². The molecule has 3 atom stereocenters. The highest BCUT2D eigenvalue weighted by atomic mass is 16.2. The van der Waals surface area contributed by atoms with Gasteiger partial charge in [0, 0.05) is 36.8 Å². The number of piperidine rings is 1. The molecule has 44 heavy (non-hydrogen) atoms. The van der Waals surface area contributed by atoms with Gasteiger partial charge in [-0.1, -0.05) is 12.1 Å². The lowest BCUT2D eigenvalue weighted by molar-refractivity contribution is -0.131. The largest absolute Gasteiger partial charge is 0.355 e. The minimum Gasteiger partial charge on any atom is -0.355 e. The van der Waals surface area contributed by atoms with Crippen molar-refractivity contribution in [3.8, 4) is 6.07 Å². The summed E-state index contributed by atoms with van der Waals surface area (Å²) in [6.07, 6.45) is 5.32. The average molecular weight is 594 g/mol. The molecule has 1 unspecified atom stereocenters. The number of nitrogens with zero attached hydrogens (tertiary/aromatic N) is 5. The molecule has 0 radical (unpaired) electrons. The van der Waals surface area contributed by atoms with Crippen LogP contribution in [0.5, 0.6) is 0 Å². The van der Waals surface area contributed by atoms with Gasteiger partial charge >= 0.3 is 0 Å². The van der Waals surface area contributed by atoms with Gasteiger partial charge in [-0.25, -0.2) is 5.10 Å². The highest BCUT2D eigenvalue weighted by Crippen LogP contribution is 2.54. The van der Waals surface area contributed by atoms with Crippen molar-refractivity contribution in [3.05, 3.63) is 75.6 Å². The lowest BCUT2D eigenvalue weighted by Crippen LogP contribution is -2.48. The minimum absolute atomic E-state index is 0.0321. The van der Waals surface area contributed by atoms with E-state index in [1.165, 1.54) is 0 Å². The van der Waals surface area contributed by atoms with E-state index in [4.69, 9.17) is 0 Å². The number of carbonyl (C=O) groups excluding carboxylic acids is 3. The Hall–Kier alpha value is -4.63. The Morgan fingerprint density at radius 3 is 2.16 bits per heavy atom. The summed E-state index contributed by atoms with van der Waals surface area (Å²) < 4.78 is 0. The normalized spacial score (nSPS) is 23.3. The Labute approximate surface area is 255 Å². The Balaban J connectivity index is 1.31. The van der Waals surface area contributed by atoms with E-state index in [1.54, 1.807) is 19.0 Å². The van der Waals surface area contributed by atoms with Crippen LogP contribution in [0.1, 0.15) is 80.9 Å². The molecule has 1 aromatic heterocycles. The number of hydrogen-bond acceptors (Lipinski definition) is 8. The van der Waals surface area contributed by atoms with Gasteiger partial charge < -0.3 is 20.9 Å². The fourth-order valence-corrected chi connectivity index (χ4v) is 7.65. The molecule has 4 aliphatic rings. The number of tetrazole rings is 1. The molecule has 226 valence electrons. The van der Waals surface area contributed by atoms with E-state index in [1.807, 2.05) is 36.4 Å². The summed E-state index contributed by atoms with van der Waals surface area (Å²) in [5.74, 6) is 0.649. The first-order valence-electron chi connectivity index (χ1n) is 15.2. The number of nitrogens with one attached hydrogen (secondary N) is 4. The number of nitriles is 1. The van der Waals surface area contributed by atoms with E-state index in [2.05, 4.69) is 42.6 Å². The van der Waals surface area contributed by atoms with Gasteiger partial charge in [0.05, 0.1) is 18.0 Å². The quantitative estimate of drug-likeness (QED) is 0.304. The molecule has 3 fully saturated rings. The number of likely N-dealkylation sites (tertiary alicyclic amines) is 1. The second-order valence-electron chi connectivity index (χ2n) is 12.6. The first-order chi connectivity index (χ1) is 21.3. The van der Waals surface area contributed by atoms with Crippen molar-refractivity contribution in [1.82, 2.24) is 41.5 Å². The third-order valence-corrected chi connectivity index (χ3v) is 10.1. The van der Waals surface area contributed by atoms with Crippen LogP contribution in [-0.2, 0) is 23.1 Å². The number of amides is 3. The molecule has 2 heterocycles. The van der Waals surface area contributed by atoms with E-state index >= 15 is 0 Å². The van der Waals surface area contributed by atoms with Crippen molar-refractivity contribution < 1.29 is 14.4 Å². The Morgan fingerprint density at radius 2 is 1.64 bits per heavy atom. The van der Waals surface area contributed by atoms with Crippen LogP contribution in [0.2, 0.25) is 0 Å². The van der Waals surface area contributed by atoms with Crippen molar-refractivity contribution in [2.24, 2.45) is 5.92 Å². The number of aromatic amines is 1. The zero-order chi connectivity index (χ0) is 30.6. The maximum absolute atomic E-state index is 13.4. The zero-order valence-corrected chi connectivity index (χ0v) is 24.8. The molecule has 1 saturated heterocycles. The molecule has 0 bridgehead atoms. The summed E-state index contributed by atoms with van der Waals surface area (Å²) in [7, 11) is 3.23. The number of benzene rings is 2. The van der Waals surface area contributed by atoms with Gasteiger partial charge in [0.1, 0.15) is 6.04 Å². The van der Waals surface area contributed by atoms with Crippen molar-refractivity contribution in [1.29, 1.82) is 5.26 Å². The number of aromatic nitrogens is 4. The number of fused-ring (bicyclic) bond motifs is 3. The molecule has 4 N–H and O–H groups in total. The van der Waals surface area contributed by atoms with Crippen molar-refractivity contribution in [2.45, 2.75) is 68.0 Å². The zero-order valence-electron chi connectivity index (χ0n) is 24.8. The monoisotopic (exact) mass is 593 g/mol. The predicted molar refractivity (Wildman–Crippen MR) is 158 cm³/mol. The van der Waals surface area contributed by atoms with Crippen LogP contribution < -0.4 is 16.0 Å². The molecule has 12 nitrogen and oxygen atoms in total. The molecular weight excluding hydrogens is 558 g/mol. The first-order valence-corrected chi connectivity index (χ1v) is 15.2. The minimum atomic E-state index is -0.857. The maximum atomic E-state index is 13.4. The molecule has 3 aromatic rings. The molecule has 2 aromatic carbocycles. The smallest absolute Gasteiger partial charge is 0.251 e. The Morgan fingerprint density at radius 1 is 1.00 bits per heavy atom. The fourth-order valence-electron chi connectivity index (χ4n) is 7.65. The summed E-state index contributed by atoms with van der Waals surface area (Å²) in [5, 5.41) is 34.2. The molecule has 0 spiro atoms. The van der Waals surface area contributed by atoms with Crippen LogP contribution in [0.3, 0.4) is 0 Å². The van der Waals surface area contributed by atoms with Crippen LogP contribution in [0, 0.1) is 17.2 Å². The fraction of sp³-hybridized carbons (Fsp3) is 0.469. The third kappa shape index (κ3) is 4.54. The lowest BCUT2D eigenvalue weighted by Gasteiger charge is -2.38. The van der Waals surface area contributed by atoms with Crippen molar-refractivity contribution >= 4 is 17.7 Å². The summed E-state index contributed by atoms with van der Waals surface area (Å²) in [4.78, 5) is 40.5. The Kier molecular flexibility index (Phi) is 6.73. The summed E-state index contributed by atoms with van der Waals surface area (Å²) >= 11 is 0. The van der Waals surface area contributed by atoms with Crippen LogP contribution in [0.25, 0.3) is 0 Å². The number of carbonyl (C=O) groups is 3. The van der Waals surface area contributed by atoms with Crippen LogP contribution in [0.4, 0.5) is 0 Å². The predicted octanol–water partition coefficient (Wildman–Crippen LogP) is 1.38. The Bertz CT molecular complexity index is 1620. The van der Waals surface area contributed by atoms with Gasteiger partial charge in [0.25, 0.3) is 11.8 Å². The highest BCUT2D eigenvalue weighted by Gasteiger charge is 2.56. The molecule has 3 amide bonds. The summed E-state index contributed by atoms with van der Waals surface area (Å²) in [6.45, 7) is 0.150. The first kappa shape index (κ1) is 28.2. The topological polar surface area (TPSA) is 169 Å². The second kappa shape index (κ2) is 10.5. The molecule has 7 rings (SSSR count). The second-order valence-corrected chi connectivity index (χ2v) is 12.6. The van der Waals surface area contributed by atoms with Crippen LogP contribution in [-0.4, -0.2) is 81.5 Å². The molecule has 1 aliphatic heterocycles. The molecular formula is C32H35N9O3. The van der Waals surface area contributed by atoms with Gasteiger partial charge in [-0.3, -0.25) is 14.4 Å². The van der Waals surface area contributed by atoms with Gasteiger partial charge in [-0.15, -0.1) is 5.10 Å². The van der Waals surface area contributed by atoms with E-state index in [0.29, 0.717) is 42.1 Å². The summed E-state index contributed by atoms with van der Waals surface area (Å²) in [5.41, 5.74) is 3.86. The number of H-pyrrole nitrogens is 1. The lowest BCUT2D eigenvalue weighted by atomic mass is 9.67. The summed E-state index contributed by atoms with van der Waals surface area (Å²) in [6, 6.07) is 13.7. The SMILES string of the molecule is CNC(=O)c1ccc2c(c1)CCc1cc(C(=O)NC)ccc1C2(CC1(NCC(=O)N2C(C#N)C[C@@H]3C[C@@H]32)CC1)c1nnn[nH]1. The molecule has 2 saturated carbocycles. The van der Waals surface area contributed by atoms with Crippen molar-refractivity contribution in [3.63, 3.8) is 0 Å². The van der Waals surface area contributed by atoms with Crippen LogP contribution in [0.15, 0.2) is 36.4 Å². The third-order valence-electron chi connectivity index (χ3n) is 10.1. The number of rotatable bonds is 8. The average Bonchev–Trinajstić information content (AvgIpc) is 3.90. The van der Waals surface area contributed by atoms with Gasteiger partial charge in [0.15, 0.2) is 5.82 Å². The van der Waals surface area contributed by atoms with E-state index in [0.717, 1.165) is 47.9 Å². The number of hydrogen-bond donors (Lipinski definition) is 4. The standard InChI is InChI=1S/C32H35N9O3/c1-34-28(43)20-5-7-24-18(11-20)3-4-19-12-21(29(44)35-2)6-8-25(19)32(24,30-37-39-40-38-30)17-31(9-10-31)36-16-27(42)41-23(15-33)13-22-14-26(22)41/h5-8,11-12,22-23,26,36H,3-4,9-10,13-14,16-17H2,1-2H3,(H,34,43)(H,35,44)(H,37,38,39,40)/t22-,23?,26+/m1/s1. The van der Waals surface area contributed by atoms with Crippen LogP contribution >= 0.6 is 0 Å². The van der Waals surface area contributed by atoms with Crippen molar-refractivity contribution in [2.75, 3.05) is 20.6 Å². The van der Waals surface area contributed by atoms with Gasteiger partial charge in [-0.05, 0) is 108 Å². The number of aryl methyl sites for hydroxylation is 2. The maximum Gasteiger partial charge on any atom is 0.251 e. The highest BCUT2D eigenvalue weighted by molar-refractivity contribution is 5.95. The van der Waals surface area contributed by atoms with E-state index < -0.39 is 5.41 Å².